The van der Waals surface area contributed by atoms with Crippen molar-refractivity contribution in [1.82, 2.24) is 4.90 Å². The van der Waals surface area contributed by atoms with Crippen LogP contribution in [0.15, 0.2) is 58.3 Å². The summed E-state index contributed by atoms with van der Waals surface area (Å²) in [4.78, 5) is 30.2. The maximum atomic E-state index is 13.2. The number of carbonyl (C=O) groups excluding carboxylic acids is 2. The fourth-order valence-corrected chi connectivity index (χ4v) is 4.58. The Balaban J connectivity index is 1.61. The van der Waals surface area contributed by atoms with Crippen LogP contribution >= 0.6 is 0 Å². The van der Waals surface area contributed by atoms with Gasteiger partial charge in [-0.3, -0.25) is 9.59 Å². The molecular weight excluding hydrogens is 382 g/mol. The number of anilines is 2. The van der Waals surface area contributed by atoms with Crippen LogP contribution in [0.25, 0.3) is 0 Å². The predicted octanol–water partition coefficient (Wildman–Crippen LogP) is 3.12. The van der Waals surface area contributed by atoms with E-state index in [1.54, 1.807) is 6.26 Å². The standard InChI is InChI=1S/C23H25N3O4/c27-19-8-3-6-17-22(19)23(20-9-4-12-30-20)26(18-7-2-1-5-16(18)24-17)15-21(28)25-10-13-29-14-11-25/h1-2,4-5,7,9,12,23-24H,3,6,8,10-11,13-15H2/t23-/m1/s1. The first kappa shape index (κ1) is 18.9. The average Bonchev–Trinajstić information content (AvgIpc) is 3.26. The predicted molar refractivity (Wildman–Crippen MR) is 112 cm³/mol. The number of rotatable bonds is 3. The van der Waals surface area contributed by atoms with Crippen molar-refractivity contribution >= 4 is 23.1 Å². The number of carbonyl (C=O) groups is 2. The van der Waals surface area contributed by atoms with Crippen LogP contribution < -0.4 is 10.2 Å². The summed E-state index contributed by atoms with van der Waals surface area (Å²) >= 11 is 0. The highest BCUT2D eigenvalue weighted by Gasteiger charge is 2.39. The number of amides is 1. The number of allylic oxidation sites excluding steroid dienone is 1. The molecule has 2 aromatic rings. The molecule has 1 fully saturated rings. The second-order valence-corrected chi connectivity index (χ2v) is 7.85. The van der Waals surface area contributed by atoms with Crippen LogP contribution in [0.5, 0.6) is 0 Å². The second kappa shape index (κ2) is 7.99. The van der Waals surface area contributed by atoms with Gasteiger partial charge in [0, 0.05) is 30.8 Å². The summed E-state index contributed by atoms with van der Waals surface area (Å²) in [7, 11) is 0. The molecule has 0 unspecified atom stereocenters. The molecule has 1 amide bonds. The van der Waals surface area contributed by atoms with Gasteiger partial charge in [-0.15, -0.1) is 0 Å². The normalized spacial score (nSPS) is 21.6. The second-order valence-electron chi connectivity index (χ2n) is 7.85. The Labute approximate surface area is 175 Å². The average molecular weight is 407 g/mol. The number of ether oxygens (including phenoxy) is 1. The van der Waals surface area contributed by atoms with Crippen LogP contribution in [0.2, 0.25) is 0 Å². The molecule has 0 spiro atoms. The highest BCUT2D eigenvalue weighted by Crippen LogP contribution is 2.44. The van der Waals surface area contributed by atoms with E-state index in [4.69, 9.17) is 9.15 Å². The van der Waals surface area contributed by atoms with Gasteiger partial charge in [-0.1, -0.05) is 12.1 Å². The van der Waals surface area contributed by atoms with Crippen molar-refractivity contribution in [3.05, 3.63) is 59.7 Å². The molecule has 30 heavy (non-hydrogen) atoms. The minimum atomic E-state index is -0.441. The molecule has 1 saturated heterocycles. The van der Waals surface area contributed by atoms with Gasteiger partial charge in [0.2, 0.25) is 5.91 Å². The molecule has 1 N–H and O–H groups in total. The fourth-order valence-electron chi connectivity index (χ4n) is 4.58. The van der Waals surface area contributed by atoms with E-state index in [-0.39, 0.29) is 18.2 Å². The first-order chi connectivity index (χ1) is 14.7. The number of para-hydroxylation sites is 2. The summed E-state index contributed by atoms with van der Waals surface area (Å²) in [6.45, 7) is 2.45. The molecule has 156 valence electrons. The molecule has 3 aliphatic rings. The molecule has 1 atom stereocenters. The van der Waals surface area contributed by atoms with E-state index in [1.807, 2.05) is 46.2 Å². The van der Waals surface area contributed by atoms with Crippen LogP contribution in [-0.4, -0.2) is 49.4 Å². The highest BCUT2D eigenvalue weighted by molar-refractivity contribution is 6.01. The van der Waals surface area contributed by atoms with Gasteiger partial charge in [-0.2, -0.15) is 0 Å². The van der Waals surface area contributed by atoms with Crippen molar-refractivity contribution in [2.75, 3.05) is 43.1 Å². The molecule has 7 nitrogen and oxygen atoms in total. The van der Waals surface area contributed by atoms with Crippen LogP contribution in [0.3, 0.4) is 0 Å². The molecule has 1 aliphatic carbocycles. The Morgan fingerprint density at radius 3 is 2.73 bits per heavy atom. The largest absolute Gasteiger partial charge is 0.467 e. The Morgan fingerprint density at radius 2 is 1.93 bits per heavy atom. The number of hydrogen-bond donors (Lipinski definition) is 1. The lowest BCUT2D eigenvalue weighted by molar-refractivity contribution is -0.133. The number of ketones is 1. The van der Waals surface area contributed by atoms with Gasteiger partial charge in [0.05, 0.1) is 37.4 Å². The monoisotopic (exact) mass is 407 g/mol. The Kier molecular flexibility index (Phi) is 5.04. The first-order valence-corrected chi connectivity index (χ1v) is 10.5. The number of fused-ring (bicyclic) bond motifs is 1. The number of benzene rings is 1. The van der Waals surface area contributed by atoms with Gasteiger partial charge in [0.15, 0.2) is 5.78 Å². The Bertz CT molecular complexity index is 976. The third kappa shape index (κ3) is 3.39. The van der Waals surface area contributed by atoms with Gasteiger partial charge in [-0.05, 0) is 37.1 Å². The molecule has 0 radical (unpaired) electrons. The third-order valence-corrected chi connectivity index (χ3v) is 6.02. The molecule has 2 aliphatic heterocycles. The molecular formula is C23H25N3O4. The van der Waals surface area contributed by atoms with Crippen LogP contribution in [-0.2, 0) is 14.3 Å². The van der Waals surface area contributed by atoms with Crippen molar-refractivity contribution in [3.63, 3.8) is 0 Å². The number of morpholine rings is 1. The van der Waals surface area contributed by atoms with E-state index in [9.17, 15) is 9.59 Å². The van der Waals surface area contributed by atoms with E-state index in [2.05, 4.69) is 5.32 Å². The van der Waals surface area contributed by atoms with E-state index in [0.717, 1.165) is 29.9 Å². The lowest BCUT2D eigenvalue weighted by atomic mass is 9.88. The first-order valence-electron chi connectivity index (χ1n) is 10.5. The zero-order valence-corrected chi connectivity index (χ0v) is 16.8. The molecule has 0 saturated carbocycles. The van der Waals surface area contributed by atoms with Gasteiger partial charge in [0.1, 0.15) is 11.8 Å². The molecule has 1 aromatic carbocycles. The number of hydrogen-bond acceptors (Lipinski definition) is 6. The Hall–Kier alpha value is -3.06. The van der Waals surface area contributed by atoms with E-state index >= 15 is 0 Å². The van der Waals surface area contributed by atoms with Crippen molar-refractivity contribution in [3.8, 4) is 0 Å². The van der Waals surface area contributed by atoms with Crippen molar-refractivity contribution < 1.29 is 18.7 Å². The van der Waals surface area contributed by atoms with Crippen molar-refractivity contribution in [1.29, 1.82) is 0 Å². The summed E-state index contributed by atoms with van der Waals surface area (Å²) in [5, 5.41) is 3.50. The maximum absolute atomic E-state index is 13.2. The summed E-state index contributed by atoms with van der Waals surface area (Å²) in [6.07, 6.45) is 3.76. The van der Waals surface area contributed by atoms with Gasteiger partial charge < -0.3 is 24.3 Å². The van der Waals surface area contributed by atoms with Crippen LogP contribution in [0, 0.1) is 0 Å². The number of nitrogens with zero attached hydrogens (tertiary/aromatic N) is 2. The molecule has 0 bridgehead atoms. The van der Waals surface area contributed by atoms with Crippen molar-refractivity contribution in [2.45, 2.75) is 25.3 Å². The summed E-state index contributed by atoms with van der Waals surface area (Å²) < 4.78 is 11.2. The maximum Gasteiger partial charge on any atom is 0.242 e. The van der Waals surface area contributed by atoms with Gasteiger partial charge in [-0.25, -0.2) is 0 Å². The van der Waals surface area contributed by atoms with E-state index in [0.29, 0.717) is 44.1 Å². The zero-order chi connectivity index (χ0) is 20.5. The quantitative estimate of drug-likeness (QED) is 0.843. The smallest absolute Gasteiger partial charge is 0.242 e. The van der Waals surface area contributed by atoms with Crippen LogP contribution in [0.1, 0.15) is 31.1 Å². The summed E-state index contributed by atoms with van der Waals surface area (Å²) in [5.41, 5.74) is 3.44. The van der Waals surface area contributed by atoms with Crippen molar-refractivity contribution in [2.24, 2.45) is 0 Å². The lowest BCUT2D eigenvalue weighted by Gasteiger charge is -2.35. The van der Waals surface area contributed by atoms with E-state index in [1.165, 1.54) is 0 Å². The van der Waals surface area contributed by atoms with Gasteiger partial charge in [0.25, 0.3) is 0 Å². The third-order valence-electron chi connectivity index (χ3n) is 6.02. The summed E-state index contributed by atoms with van der Waals surface area (Å²) in [5.74, 6) is 0.810. The SMILES string of the molecule is O=C1CCCC2=C1[C@@H](c1ccco1)N(CC(=O)N1CCOCC1)c1ccccc1N2. The molecule has 1 aromatic heterocycles. The topological polar surface area (TPSA) is 75.0 Å². The Morgan fingerprint density at radius 1 is 1.10 bits per heavy atom. The van der Waals surface area contributed by atoms with E-state index < -0.39 is 6.04 Å². The fraction of sp³-hybridized carbons (Fsp3) is 0.391. The lowest BCUT2D eigenvalue weighted by Crippen LogP contribution is -2.47. The minimum absolute atomic E-state index is 0.0250. The molecule has 7 heteroatoms. The van der Waals surface area contributed by atoms with Crippen LogP contribution in [0.4, 0.5) is 11.4 Å². The number of nitrogens with one attached hydrogen (secondary N) is 1. The zero-order valence-electron chi connectivity index (χ0n) is 16.8. The minimum Gasteiger partial charge on any atom is -0.467 e. The summed E-state index contributed by atoms with van der Waals surface area (Å²) in [6, 6.07) is 11.2. The number of Topliss-reactive ketones (excluding diaryl/α,β-unsaturated/α-hetero) is 1. The highest BCUT2D eigenvalue weighted by atomic mass is 16.5. The molecule has 3 heterocycles. The molecule has 5 rings (SSSR count). The van der Waals surface area contributed by atoms with Gasteiger partial charge >= 0.3 is 0 Å². The number of furan rings is 1.